The second-order valence-corrected chi connectivity index (χ2v) is 11.9. The molecule has 4 nitrogen and oxygen atoms in total. The second kappa shape index (κ2) is 12.9. The topological polar surface area (TPSA) is 57.4 Å². The van der Waals surface area contributed by atoms with Crippen LogP contribution in [0, 0.1) is 0 Å². The molecule has 2 N–H and O–H groups in total. The Hall–Kier alpha value is -5.19. The van der Waals surface area contributed by atoms with Crippen LogP contribution in [0.2, 0.25) is 0 Å². The van der Waals surface area contributed by atoms with E-state index in [-0.39, 0.29) is 55.3 Å². The Labute approximate surface area is 283 Å². The molecule has 17 heteroatoms. The molecule has 4 aromatic carbocycles. The van der Waals surface area contributed by atoms with Gasteiger partial charge in [0.1, 0.15) is 0 Å². The first-order chi connectivity index (χ1) is 23.8. The first-order valence-corrected chi connectivity index (χ1v) is 15.2. The van der Waals surface area contributed by atoms with E-state index in [2.05, 4.69) is 19.9 Å². The second-order valence-electron chi connectivity index (χ2n) is 10.9. The number of halogens is 12. The van der Waals surface area contributed by atoms with Gasteiger partial charge in [0.2, 0.25) is 0 Å². The molecule has 0 unspecified atom stereocenters. The molecule has 264 valence electrons. The normalized spacial score (nSPS) is 12.8. The average Bonchev–Trinajstić information content (AvgIpc) is 3.68. The molecule has 0 saturated heterocycles. The number of H-pyrrole nitrogens is 2. The molecular formula is C34H18F12N4S. The van der Waals surface area contributed by atoms with Crippen LogP contribution in [0.4, 0.5) is 52.7 Å². The summed E-state index contributed by atoms with van der Waals surface area (Å²) in [6.45, 7) is 0. The van der Waals surface area contributed by atoms with Crippen LogP contribution in [-0.2, 0) is 24.7 Å². The standard InChI is InChI=1S/C34H18F12N4S/c35-31(36,37)21-9-1-17(2-10-21)25-26(18-3-11-22(12-4-18)32(38,39)40)48-29(47-25)51-30-49-27(19-5-13-23(14-6-19)33(41,42)43)28(50-30)20-7-15-24(16-8-20)34(44,45)46/h1-16H,(H,47,48)(H,49,50). The largest absolute Gasteiger partial charge is 0.416 e. The summed E-state index contributed by atoms with van der Waals surface area (Å²) in [5.74, 6) is 0. The van der Waals surface area contributed by atoms with Crippen molar-refractivity contribution in [1.29, 1.82) is 0 Å². The summed E-state index contributed by atoms with van der Waals surface area (Å²) in [5.41, 5.74) is -2.60. The summed E-state index contributed by atoms with van der Waals surface area (Å²) in [6, 6.07) is 15.7. The van der Waals surface area contributed by atoms with Crippen LogP contribution in [0.5, 0.6) is 0 Å². The fraction of sp³-hybridized carbons (Fsp3) is 0.118. The highest BCUT2D eigenvalue weighted by atomic mass is 32.2. The maximum atomic E-state index is 13.2. The Morgan fingerprint density at radius 3 is 0.824 bits per heavy atom. The van der Waals surface area contributed by atoms with Crippen LogP contribution in [0.25, 0.3) is 45.0 Å². The summed E-state index contributed by atoms with van der Waals surface area (Å²) in [4.78, 5) is 14.8. The molecule has 0 spiro atoms. The van der Waals surface area contributed by atoms with Crippen LogP contribution in [0.15, 0.2) is 107 Å². The maximum Gasteiger partial charge on any atom is 0.416 e. The van der Waals surface area contributed by atoms with E-state index >= 15 is 0 Å². The Morgan fingerprint density at radius 2 is 0.588 bits per heavy atom. The zero-order valence-electron chi connectivity index (χ0n) is 25.1. The third kappa shape index (κ3) is 7.77. The van der Waals surface area contributed by atoms with E-state index in [9.17, 15) is 52.7 Å². The van der Waals surface area contributed by atoms with Gasteiger partial charge in [-0.1, -0.05) is 48.5 Å². The minimum absolute atomic E-state index is 0.0477. The Balaban J connectivity index is 1.43. The molecule has 0 amide bonds. The van der Waals surface area contributed by atoms with Crippen LogP contribution in [0.1, 0.15) is 22.3 Å². The Bertz CT molecular complexity index is 1830. The van der Waals surface area contributed by atoms with Crippen molar-refractivity contribution < 1.29 is 52.7 Å². The summed E-state index contributed by atoms with van der Waals surface area (Å²) >= 11 is 0.813. The summed E-state index contributed by atoms with van der Waals surface area (Å²) < 4.78 is 159. The van der Waals surface area contributed by atoms with E-state index in [1.807, 2.05) is 0 Å². The number of benzene rings is 4. The van der Waals surface area contributed by atoms with Crippen LogP contribution in [-0.4, -0.2) is 19.9 Å². The number of hydrogen-bond acceptors (Lipinski definition) is 3. The van der Waals surface area contributed by atoms with Gasteiger partial charge in [-0.05, 0) is 60.3 Å². The smallest absolute Gasteiger partial charge is 0.332 e. The number of aromatic nitrogens is 4. The lowest BCUT2D eigenvalue weighted by Crippen LogP contribution is -2.04. The number of imidazole rings is 2. The average molecular weight is 743 g/mol. The van der Waals surface area contributed by atoms with E-state index in [0.717, 1.165) is 109 Å². The number of nitrogens with zero attached hydrogens (tertiary/aromatic N) is 2. The third-order valence-electron chi connectivity index (χ3n) is 7.53. The van der Waals surface area contributed by atoms with E-state index in [4.69, 9.17) is 0 Å². The molecule has 2 heterocycles. The molecule has 0 aliphatic heterocycles. The predicted molar refractivity (Wildman–Crippen MR) is 163 cm³/mol. The molecule has 0 radical (unpaired) electrons. The molecule has 51 heavy (non-hydrogen) atoms. The molecular weight excluding hydrogens is 724 g/mol. The summed E-state index contributed by atoms with van der Waals surface area (Å²) in [5, 5.41) is 0.0953. The number of aromatic amines is 2. The lowest BCUT2D eigenvalue weighted by Gasteiger charge is -2.09. The van der Waals surface area contributed by atoms with E-state index in [1.165, 1.54) is 0 Å². The monoisotopic (exact) mass is 742 g/mol. The van der Waals surface area contributed by atoms with Gasteiger partial charge in [0, 0.05) is 22.3 Å². The van der Waals surface area contributed by atoms with Gasteiger partial charge in [0.25, 0.3) is 0 Å². The molecule has 0 bridgehead atoms. The highest BCUT2D eigenvalue weighted by Crippen LogP contribution is 2.41. The molecule has 6 rings (SSSR count). The first kappa shape index (κ1) is 35.6. The zero-order chi connectivity index (χ0) is 36.9. The van der Waals surface area contributed by atoms with E-state index in [1.54, 1.807) is 0 Å². The van der Waals surface area contributed by atoms with Crippen LogP contribution < -0.4 is 0 Å². The highest BCUT2D eigenvalue weighted by Gasteiger charge is 2.33. The number of hydrogen-bond donors (Lipinski definition) is 2. The lowest BCUT2D eigenvalue weighted by molar-refractivity contribution is -0.138. The van der Waals surface area contributed by atoms with Gasteiger partial charge in [-0.2, -0.15) is 52.7 Å². The third-order valence-corrected chi connectivity index (χ3v) is 8.30. The minimum atomic E-state index is -4.64. The molecule has 0 atom stereocenters. The Morgan fingerprint density at radius 1 is 0.353 bits per heavy atom. The van der Waals surface area contributed by atoms with Gasteiger partial charge in [0.05, 0.1) is 45.0 Å². The summed E-state index contributed by atoms with van der Waals surface area (Å²) in [7, 11) is 0. The van der Waals surface area contributed by atoms with E-state index in [0.29, 0.717) is 0 Å². The fourth-order valence-corrected chi connectivity index (χ4v) is 5.78. The van der Waals surface area contributed by atoms with Gasteiger partial charge in [-0.25, -0.2) is 9.97 Å². The first-order valence-electron chi connectivity index (χ1n) is 14.4. The Kier molecular flexibility index (Phi) is 8.98. The van der Waals surface area contributed by atoms with Crippen molar-refractivity contribution in [2.24, 2.45) is 0 Å². The van der Waals surface area contributed by atoms with Gasteiger partial charge < -0.3 is 9.97 Å². The zero-order valence-corrected chi connectivity index (χ0v) is 25.9. The number of nitrogens with one attached hydrogen (secondary N) is 2. The van der Waals surface area contributed by atoms with Crippen molar-refractivity contribution in [2.75, 3.05) is 0 Å². The van der Waals surface area contributed by atoms with E-state index < -0.39 is 47.0 Å². The molecule has 0 saturated carbocycles. The quantitative estimate of drug-likeness (QED) is 0.167. The van der Waals surface area contributed by atoms with Crippen molar-refractivity contribution in [3.05, 3.63) is 119 Å². The predicted octanol–water partition coefficient (Wildman–Crippen LogP) is 12.0. The minimum Gasteiger partial charge on any atom is -0.332 e. The fourth-order valence-electron chi connectivity index (χ4n) is 5.01. The molecule has 0 aliphatic rings. The lowest BCUT2D eigenvalue weighted by atomic mass is 10.0. The van der Waals surface area contributed by atoms with Crippen LogP contribution >= 0.6 is 11.8 Å². The van der Waals surface area contributed by atoms with Crippen molar-refractivity contribution >= 4 is 11.8 Å². The van der Waals surface area contributed by atoms with Crippen molar-refractivity contribution in [1.82, 2.24) is 19.9 Å². The molecule has 6 aromatic rings. The number of alkyl halides is 12. The van der Waals surface area contributed by atoms with Gasteiger partial charge in [0.15, 0.2) is 10.3 Å². The van der Waals surface area contributed by atoms with Gasteiger partial charge >= 0.3 is 24.7 Å². The van der Waals surface area contributed by atoms with Gasteiger partial charge in [-0.3, -0.25) is 0 Å². The van der Waals surface area contributed by atoms with Crippen molar-refractivity contribution in [2.45, 2.75) is 35.0 Å². The molecule has 2 aromatic heterocycles. The summed E-state index contributed by atoms with van der Waals surface area (Å²) in [6.07, 6.45) is -18.6. The van der Waals surface area contributed by atoms with Crippen LogP contribution in [0.3, 0.4) is 0 Å². The van der Waals surface area contributed by atoms with Gasteiger partial charge in [-0.15, -0.1) is 0 Å². The molecule has 0 fully saturated rings. The highest BCUT2D eigenvalue weighted by molar-refractivity contribution is 7.99. The maximum absolute atomic E-state index is 13.2. The van der Waals surface area contributed by atoms with Crippen molar-refractivity contribution in [3.8, 4) is 45.0 Å². The molecule has 0 aliphatic carbocycles. The number of rotatable bonds is 6. The SMILES string of the molecule is FC(F)(F)c1ccc(-c2nc(Sc3nc(-c4ccc(C(F)(F)F)cc4)c(-c4ccc(C(F)(F)F)cc4)[nH]3)[nH]c2-c2ccc(C(F)(F)F)cc2)cc1. The van der Waals surface area contributed by atoms with Crippen molar-refractivity contribution in [3.63, 3.8) is 0 Å².